The minimum atomic E-state index is -3.05. The fourth-order valence-corrected chi connectivity index (χ4v) is 4.10. The number of aromatic nitrogens is 4. The van der Waals surface area contributed by atoms with Crippen molar-refractivity contribution >= 4 is 55.9 Å². The predicted molar refractivity (Wildman–Crippen MR) is 134 cm³/mol. The van der Waals surface area contributed by atoms with Crippen LogP contribution in [-0.2, 0) is 4.79 Å². The van der Waals surface area contributed by atoms with Crippen LogP contribution in [0.15, 0.2) is 40.9 Å². The van der Waals surface area contributed by atoms with Gasteiger partial charge in [0, 0.05) is 21.4 Å². The summed E-state index contributed by atoms with van der Waals surface area (Å²) < 4.78 is 32.9. The van der Waals surface area contributed by atoms with Gasteiger partial charge in [0.05, 0.1) is 11.1 Å². The number of hydrogen-bond donors (Lipinski definition) is 2. The Balaban J connectivity index is 1.83. The molecule has 0 aliphatic heterocycles. The van der Waals surface area contributed by atoms with Crippen molar-refractivity contribution in [3.63, 3.8) is 0 Å². The standard InChI is InChI=1S/C23H22BrClF2N6O2/c1-3-4-10-28-21(34)12(2)29-23-30-18-15(6-5-7-16(18)24)20-31-19(32-33(20)23)14-9-8-13(25)11-17(14)35-22(26)27/h5-9,11-12,22H,3-4,10H2,1-2H3,(H,28,34)(H,29,30)/t12-/m0/s1. The third-order valence-corrected chi connectivity index (χ3v) is 6.10. The van der Waals surface area contributed by atoms with Crippen LogP contribution in [0.3, 0.4) is 0 Å². The topological polar surface area (TPSA) is 93.4 Å². The van der Waals surface area contributed by atoms with Crippen molar-refractivity contribution in [1.29, 1.82) is 0 Å². The number of amides is 1. The van der Waals surface area contributed by atoms with Crippen LogP contribution in [0, 0.1) is 0 Å². The summed E-state index contributed by atoms with van der Waals surface area (Å²) in [5.74, 6) is 0.0580. The molecule has 0 saturated carbocycles. The Kier molecular flexibility index (Phi) is 7.66. The molecule has 0 aliphatic rings. The molecule has 12 heteroatoms. The summed E-state index contributed by atoms with van der Waals surface area (Å²) in [5.41, 5.74) is 1.25. The summed E-state index contributed by atoms with van der Waals surface area (Å²) >= 11 is 9.49. The Bertz CT molecular complexity index is 1380. The highest BCUT2D eigenvalue weighted by molar-refractivity contribution is 9.10. The smallest absolute Gasteiger partial charge is 0.387 e. The van der Waals surface area contributed by atoms with Gasteiger partial charge in [-0.2, -0.15) is 13.3 Å². The van der Waals surface area contributed by atoms with Crippen LogP contribution >= 0.6 is 27.5 Å². The first-order chi connectivity index (χ1) is 16.8. The lowest BCUT2D eigenvalue weighted by molar-refractivity contribution is -0.121. The average molecular weight is 568 g/mol. The fraction of sp³-hybridized carbons (Fsp3) is 0.304. The van der Waals surface area contributed by atoms with Crippen molar-refractivity contribution in [3.05, 3.63) is 45.9 Å². The van der Waals surface area contributed by atoms with Crippen LogP contribution in [0.5, 0.6) is 5.75 Å². The van der Waals surface area contributed by atoms with Crippen molar-refractivity contribution in [2.24, 2.45) is 0 Å². The average Bonchev–Trinajstić information content (AvgIpc) is 3.25. The molecule has 0 fully saturated rings. The maximum Gasteiger partial charge on any atom is 0.387 e. The number of carbonyl (C=O) groups excluding carboxylic acids is 1. The number of rotatable bonds is 9. The van der Waals surface area contributed by atoms with Gasteiger partial charge in [-0.1, -0.05) is 31.0 Å². The molecule has 1 atom stereocenters. The minimum Gasteiger partial charge on any atom is -0.434 e. The predicted octanol–water partition coefficient (Wildman–Crippen LogP) is 5.68. The lowest BCUT2D eigenvalue weighted by Crippen LogP contribution is -2.38. The normalized spacial score (nSPS) is 12.3. The number of benzene rings is 2. The van der Waals surface area contributed by atoms with Gasteiger partial charge in [-0.3, -0.25) is 4.79 Å². The molecule has 2 N–H and O–H groups in total. The molecule has 0 spiro atoms. The van der Waals surface area contributed by atoms with E-state index in [0.29, 0.717) is 23.1 Å². The summed E-state index contributed by atoms with van der Waals surface area (Å²) in [5, 5.41) is 11.4. The number of fused-ring (bicyclic) bond motifs is 3. The number of unbranched alkanes of at least 4 members (excludes halogenated alkanes) is 1. The molecule has 2 aromatic heterocycles. The third-order valence-electron chi connectivity index (χ3n) is 5.22. The van der Waals surface area contributed by atoms with Crippen LogP contribution in [-0.4, -0.2) is 44.7 Å². The molecule has 0 radical (unpaired) electrons. The maximum atomic E-state index is 13.0. The number of hydrogen-bond acceptors (Lipinski definition) is 6. The van der Waals surface area contributed by atoms with Gasteiger partial charge in [-0.05, 0) is 59.6 Å². The minimum absolute atomic E-state index is 0.134. The first-order valence-electron chi connectivity index (χ1n) is 10.9. The third kappa shape index (κ3) is 5.46. The number of nitrogens with zero attached hydrogens (tertiary/aromatic N) is 4. The molecule has 35 heavy (non-hydrogen) atoms. The summed E-state index contributed by atoms with van der Waals surface area (Å²) in [6, 6.07) is 9.19. The summed E-state index contributed by atoms with van der Waals surface area (Å²) in [6.45, 7) is 1.28. The van der Waals surface area contributed by atoms with Gasteiger partial charge >= 0.3 is 6.61 Å². The number of nitrogens with one attached hydrogen (secondary N) is 2. The number of alkyl halides is 2. The molecule has 0 aliphatic carbocycles. The van der Waals surface area contributed by atoms with Crippen molar-refractivity contribution in [3.8, 4) is 17.1 Å². The van der Waals surface area contributed by atoms with E-state index in [9.17, 15) is 13.6 Å². The van der Waals surface area contributed by atoms with Gasteiger partial charge < -0.3 is 15.4 Å². The zero-order chi connectivity index (χ0) is 25.1. The molecule has 1 amide bonds. The molecule has 2 aromatic carbocycles. The largest absolute Gasteiger partial charge is 0.434 e. The second-order valence-electron chi connectivity index (χ2n) is 7.77. The maximum absolute atomic E-state index is 13.0. The van der Waals surface area contributed by atoms with Gasteiger partial charge in [0.15, 0.2) is 11.5 Å². The highest BCUT2D eigenvalue weighted by Crippen LogP contribution is 2.34. The summed E-state index contributed by atoms with van der Waals surface area (Å²) in [6.07, 6.45) is 1.84. The zero-order valence-electron chi connectivity index (χ0n) is 18.9. The Morgan fingerprint density at radius 3 is 2.80 bits per heavy atom. The zero-order valence-corrected chi connectivity index (χ0v) is 21.2. The van der Waals surface area contributed by atoms with E-state index in [1.165, 1.54) is 22.7 Å². The first kappa shape index (κ1) is 25.1. The molecule has 0 saturated heterocycles. The van der Waals surface area contributed by atoms with Gasteiger partial charge in [0.25, 0.3) is 0 Å². The van der Waals surface area contributed by atoms with Crippen molar-refractivity contribution < 1.29 is 18.3 Å². The van der Waals surface area contributed by atoms with Crippen LogP contribution < -0.4 is 15.4 Å². The second-order valence-corrected chi connectivity index (χ2v) is 9.06. The molecular formula is C23H22BrClF2N6O2. The molecule has 0 unspecified atom stereocenters. The van der Waals surface area contributed by atoms with E-state index in [2.05, 4.69) is 46.4 Å². The van der Waals surface area contributed by atoms with Crippen LogP contribution in [0.1, 0.15) is 26.7 Å². The highest BCUT2D eigenvalue weighted by Gasteiger charge is 2.21. The van der Waals surface area contributed by atoms with E-state index in [-0.39, 0.29) is 34.0 Å². The van der Waals surface area contributed by atoms with Gasteiger partial charge in [0.1, 0.15) is 11.8 Å². The Morgan fingerprint density at radius 1 is 1.26 bits per heavy atom. The van der Waals surface area contributed by atoms with E-state index in [0.717, 1.165) is 17.3 Å². The second kappa shape index (κ2) is 10.7. The van der Waals surface area contributed by atoms with Crippen LogP contribution in [0.2, 0.25) is 5.02 Å². The number of anilines is 1. The number of ether oxygens (including phenoxy) is 1. The number of carbonyl (C=O) groups is 1. The molecule has 8 nitrogen and oxygen atoms in total. The molecule has 4 aromatic rings. The molecular weight excluding hydrogens is 546 g/mol. The Morgan fingerprint density at radius 2 is 2.06 bits per heavy atom. The molecule has 0 bridgehead atoms. The van der Waals surface area contributed by atoms with Gasteiger partial charge in [-0.15, -0.1) is 5.10 Å². The SMILES string of the molecule is CCCCNC(=O)[C@H](C)Nc1nc2c(Br)cccc2c2nc(-c3ccc(Cl)cc3OC(F)F)nn12. The van der Waals surface area contributed by atoms with E-state index in [1.807, 2.05) is 25.1 Å². The van der Waals surface area contributed by atoms with Crippen molar-refractivity contribution in [1.82, 2.24) is 24.9 Å². The lowest BCUT2D eigenvalue weighted by Gasteiger charge is -2.16. The molecule has 184 valence electrons. The number of halogens is 4. The summed E-state index contributed by atoms with van der Waals surface area (Å²) in [7, 11) is 0. The van der Waals surface area contributed by atoms with Crippen molar-refractivity contribution in [2.45, 2.75) is 39.3 Å². The first-order valence-corrected chi connectivity index (χ1v) is 12.1. The molecule has 2 heterocycles. The monoisotopic (exact) mass is 566 g/mol. The number of para-hydroxylation sites is 1. The van der Waals surface area contributed by atoms with E-state index >= 15 is 0 Å². The Labute approximate surface area is 213 Å². The van der Waals surface area contributed by atoms with Crippen molar-refractivity contribution in [2.75, 3.05) is 11.9 Å². The Hall–Kier alpha value is -3.05. The van der Waals surface area contributed by atoms with E-state index in [1.54, 1.807) is 6.92 Å². The van der Waals surface area contributed by atoms with Gasteiger partial charge in [0.2, 0.25) is 11.9 Å². The van der Waals surface area contributed by atoms with Crippen LogP contribution in [0.25, 0.3) is 27.9 Å². The van der Waals surface area contributed by atoms with E-state index in [4.69, 9.17) is 11.6 Å². The fourth-order valence-electron chi connectivity index (χ4n) is 3.48. The highest BCUT2D eigenvalue weighted by atomic mass is 79.9. The quantitative estimate of drug-likeness (QED) is 0.253. The molecule has 4 rings (SSSR count). The van der Waals surface area contributed by atoms with Gasteiger partial charge in [-0.25, -0.2) is 9.97 Å². The lowest BCUT2D eigenvalue weighted by atomic mass is 10.2. The van der Waals surface area contributed by atoms with Crippen LogP contribution in [0.4, 0.5) is 14.7 Å². The summed E-state index contributed by atoms with van der Waals surface area (Å²) in [4.78, 5) is 21.8. The van der Waals surface area contributed by atoms with E-state index < -0.39 is 12.7 Å².